The highest BCUT2D eigenvalue weighted by Crippen LogP contribution is 2.49. The number of halogens is 3. The molecule has 1 aliphatic carbocycles. The third-order valence-corrected chi connectivity index (χ3v) is 2.63. The van der Waals surface area contributed by atoms with Crippen LogP contribution >= 0.6 is 0 Å². The average Bonchev–Trinajstić information content (AvgIpc) is 2.97. The molecule has 0 aromatic carbocycles. The van der Waals surface area contributed by atoms with Crippen molar-refractivity contribution in [3.63, 3.8) is 0 Å². The number of nitrogens with zero attached hydrogens (tertiary/aromatic N) is 1. The molecule has 1 aromatic heterocycles. The Morgan fingerprint density at radius 2 is 2.07 bits per heavy atom. The number of aromatic nitrogens is 1. The van der Waals surface area contributed by atoms with Gasteiger partial charge in [0, 0.05) is 6.20 Å². The molecular formula is C10H8F3NO. The molecule has 1 saturated carbocycles. The summed E-state index contributed by atoms with van der Waals surface area (Å²) in [5.41, 5.74) is -1.86. The van der Waals surface area contributed by atoms with Crippen molar-refractivity contribution < 1.29 is 18.0 Å². The van der Waals surface area contributed by atoms with Crippen molar-refractivity contribution in [1.82, 2.24) is 4.98 Å². The van der Waals surface area contributed by atoms with Gasteiger partial charge in [-0.25, -0.2) is 0 Å². The first kappa shape index (κ1) is 10.1. The largest absolute Gasteiger partial charge is 0.433 e. The lowest BCUT2D eigenvalue weighted by Gasteiger charge is -2.14. The second kappa shape index (κ2) is 3.05. The van der Waals surface area contributed by atoms with Crippen molar-refractivity contribution >= 4 is 6.29 Å². The zero-order valence-corrected chi connectivity index (χ0v) is 7.71. The molecule has 0 N–H and O–H groups in total. The summed E-state index contributed by atoms with van der Waals surface area (Å²) in [5.74, 6) is 0. The number of aldehydes is 1. The van der Waals surface area contributed by atoms with Crippen molar-refractivity contribution in [3.05, 3.63) is 29.6 Å². The highest BCUT2D eigenvalue weighted by Gasteiger charge is 2.50. The van der Waals surface area contributed by atoms with Crippen LogP contribution in [-0.4, -0.2) is 11.3 Å². The van der Waals surface area contributed by atoms with E-state index in [0.717, 1.165) is 6.20 Å². The van der Waals surface area contributed by atoms with E-state index in [1.807, 2.05) is 0 Å². The van der Waals surface area contributed by atoms with Gasteiger partial charge in [0.2, 0.25) is 0 Å². The molecule has 0 radical (unpaired) electrons. The molecule has 80 valence electrons. The molecule has 0 saturated heterocycles. The van der Waals surface area contributed by atoms with Crippen molar-refractivity contribution in [3.8, 4) is 0 Å². The lowest BCUT2D eigenvalue weighted by atomic mass is 9.96. The van der Waals surface area contributed by atoms with E-state index in [4.69, 9.17) is 0 Å². The Morgan fingerprint density at radius 3 is 2.53 bits per heavy atom. The van der Waals surface area contributed by atoms with Gasteiger partial charge >= 0.3 is 6.18 Å². The second-order valence-electron chi connectivity index (χ2n) is 3.67. The Kier molecular flexibility index (Phi) is 2.06. The van der Waals surface area contributed by atoms with Gasteiger partial charge in [0.1, 0.15) is 12.0 Å². The SMILES string of the molecule is O=CC1(c2cccnc2C(F)(F)F)CC1. The molecule has 1 aliphatic rings. The van der Waals surface area contributed by atoms with E-state index < -0.39 is 17.3 Å². The quantitative estimate of drug-likeness (QED) is 0.708. The molecule has 15 heavy (non-hydrogen) atoms. The predicted octanol–water partition coefficient (Wildman–Crippen LogP) is 2.33. The smallest absolute Gasteiger partial charge is 0.302 e. The fourth-order valence-electron chi connectivity index (χ4n) is 1.62. The molecule has 0 aliphatic heterocycles. The van der Waals surface area contributed by atoms with E-state index in [9.17, 15) is 18.0 Å². The molecule has 5 heteroatoms. The van der Waals surface area contributed by atoms with Crippen molar-refractivity contribution in [2.24, 2.45) is 0 Å². The summed E-state index contributed by atoms with van der Waals surface area (Å²) < 4.78 is 37.7. The van der Waals surface area contributed by atoms with Gasteiger partial charge in [-0.3, -0.25) is 4.98 Å². The number of carbonyl (C=O) groups excluding carboxylic acids is 1. The topological polar surface area (TPSA) is 30.0 Å². The van der Waals surface area contributed by atoms with Gasteiger partial charge in [0.05, 0.1) is 5.41 Å². The first-order chi connectivity index (χ1) is 6.99. The zero-order chi connectivity index (χ0) is 11.1. The van der Waals surface area contributed by atoms with E-state index >= 15 is 0 Å². The van der Waals surface area contributed by atoms with E-state index in [-0.39, 0.29) is 5.56 Å². The maximum Gasteiger partial charge on any atom is 0.433 e. The Balaban J connectivity index is 2.52. The van der Waals surface area contributed by atoms with Crippen LogP contribution in [0.15, 0.2) is 18.3 Å². The van der Waals surface area contributed by atoms with Crippen LogP contribution in [0.4, 0.5) is 13.2 Å². The fraction of sp³-hybridized carbons (Fsp3) is 0.400. The summed E-state index contributed by atoms with van der Waals surface area (Å²) in [5, 5.41) is 0. The van der Waals surface area contributed by atoms with E-state index in [0.29, 0.717) is 19.1 Å². The predicted molar refractivity (Wildman–Crippen MR) is 46.2 cm³/mol. The molecule has 0 unspecified atom stereocenters. The monoisotopic (exact) mass is 215 g/mol. The number of alkyl halides is 3. The first-order valence-corrected chi connectivity index (χ1v) is 4.49. The Hall–Kier alpha value is -1.39. The number of hydrogen-bond donors (Lipinski definition) is 0. The normalized spacial score (nSPS) is 18.6. The molecule has 2 rings (SSSR count). The Labute approximate surface area is 84.1 Å². The highest BCUT2D eigenvalue weighted by atomic mass is 19.4. The lowest BCUT2D eigenvalue weighted by Crippen LogP contribution is -2.18. The average molecular weight is 215 g/mol. The minimum Gasteiger partial charge on any atom is -0.302 e. The molecule has 1 heterocycles. The van der Waals surface area contributed by atoms with Crippen LogP contribution < -0.4 is 0 Å². The maximum absolute atomic E-state index is 12.6. The second-order valence-corrected chi connectivity index (χ2v) is 3.67. The molecule has 0 bridgehead atoms. The standard InChI is InChI=1S/C10H8F3NO/c11-10(12,13)8-7(2-1-5-14-8)9(6-15)3-4-9/h1-2,5-6H,3-4H2. The fourth-order valence-corrected chi connectivity index (χ4v) is 1.62. The summed E-state index contributed by atoms with van der Waals surface area (Å²) in [4.78, 5) is 14.1. The van der Waals surface area contributed by atoms with Crippen LogP contribution in [0.5, 0.6) is 0 Å². The van der Waals surface area contributed by atoms with Crippen LogP contribution in [0.2, 0.25) is 0 Å². The van der Waals surface area contributed by atoms with Crippen LogP contribution in [-0.2, 0) is 16.4 Å². The van der Waals surface area contributed by atoms with E-state index in [1.54, 1.807) is 0 Å². The van der Waals surface area contributed by atoms with Crippen LogP contribution in [0.25, 0.3) is 0 Å². The minimum atomic E-state index is -4.49. The summed E-state index contributed by atoms with van der Waals surface area (Å²) in [6, 6.07) is 2.76. The van der Waals surface area contributed by atoms with Gasteiger partial charge in [-0.15, -0.1) is 0 Å². The Morgan fingerprint density at radius 1 is 1.40 bits per heavy atom. The summed E-state index contributed by atoms with van der Waals surface area (Å²) in [7, 11) is 0. The summed E-state index contributed by atoms with van der Waals surface area (Å²) >= 11 is 0. The molecule has 0 amide bonds. The lowest BCUT2D eigenvalue weighted by molar-refractivity contribution is -0.142. The van der Waals surface area contributed by atoms with Gasteiger partial charge in [-0.05, 0) is 24.5 Å². The minimum absolute atomic E-state index is 0.00694. The molecule has 0 spiro atoms. The number of rotatable bonds is 2. The molecule has 2 nitrogen and oxygen atoms in total. The molecule has 0 atom stereocenters. The molecular weight excluding hydrogens is 207 g/mol. The molecule has 1 fully saturated rings. The van der Waals surface area contributed by atoms with Crippen molar-refractivity contribution in [2.45, 2.75) is 24.4 Å². The number of carbonyl (C=O) groups is 1. The van der Waals surface area contributed by atoms with Crippen molar-refractivity contribution in [1.29, 1.82) is 0 Å². The maximum atomic E-state index is 12.6. The number of hydrogen-bond acceptors (Lipinski definition) is 2. The molecule has 1 aromatic rings. The van der Waals surface area contributed by atoms with E-state index in [2.05, 4.69) is 4.98 Å². The number of pyridine rings is 1. The Bertz CT molecular complexity index is 396. The first-order valence-electron chi connectivity index (χ1n) is 4.49. The van der Waals surface area contributed by atoms with Crippen molar-refractivity contribution in [2.75, 3.05) is 0 Å². The van der Waals surface area contributed by atoms with Gasteiger partial charge in [0.25, 0.3) is 0 Å². The third kappa shape index (κ3) is 1.62. The van der Waals surface area contributed by atoms with Gasteiger partial charge < -0.3 is 4.79 Å². The van der Waals surface area contributed by atoms with Crippen LogP contribution in [0, 0.1) is 0 Å². The van der Waals surface area contributed by atoms with Crippen LogP contribution in [0.3, 0.4) is 0 Å². The van der Waals surface area contributed by atoms with Gasteiger partial charge in [0.15, 0.2) is 0 Å². The van der Waals surface area contributed by atoms with Gasteiger partial charge in [-0.1, -0.05) is 6.07 Å². The van der Waals surface area contributed by atoms with Crippen LogP contribution in [0.1, 0.15) is 24.1 Å². The summed E-state index contributed by atoms with van der Waals surface area (Å²) in [6.45, 7) is 0. The van der Waals surface area contributed by atoms with E-state index in [1.165, 1.54) is 12.1 Å². The summed E-state index contributed by atoms with van der Waals surface area (Å²) in [6.07, 6.45) is -1.85. The van der Waals surface area contributed by atoms with Gasteiger partial charge in [-0.2, -0.15) is 13.2 Å². The zero-order valence-electron chi connectivity index (χ0n) is 7.71. The highest BCUT2D eigenvalue weighted by molar-refractivity contribution is 5.73. The third-order valence-electron chi connectivity index (χ3n) is 2.63.